The van der Waals surface area contributed by atoms with E-state index in [0.717, 1.165) is 38.5 Å². The van der Waals surface area contributed by atoms with Gasteiger partial charge in [0.05, 0.1) is 18.9 Å². The van der Waals surface area contributed by atoms with Gasteiger partial charge < -0.3 is 15.0 Å². The Balaban J connectivity index is 1.74. The molecule has 0 aromatic carbocycles. The van der Waals surface area contributed by atoms with Gasteiger partial charge in [-0.2, -0.15) is 5.10 Å². The summed E-state index contributed by atoms with van der Waals surface area (Å²) in [5.74, 6) is 1.23. The molecule has 0 unspecified atom stereocenters. The third kappa shape index (κ3) is 3.59. The molecular formula is C17H26N4OS. The van der Waals surface area contributed by atoms with Crippen molar-refractivity contribution in [3.63, 3.8) is 0 Å². The summed E-state index contributed by atoms with van der Waals surface area (Å²) in [4.78, 5) is 5.14. The van der Waals surface area contributed by atoms with Crippen LogP contribution < -0.4 is 10.2 Å². The van der Waals surface area contributed by atoms with E-state index in [1.54, 1.807) is 0 Å². The summed E-state index contributed by atoms with van der Waals surface area (Å²) in [6, 6.07) is 4.76. The van der Waals surface area contributed by atoms with Gasteiger partial charge in [-0.05, 0) is 32.9 Å². The van der Waals surface area contributed by atoms with Crippen molar-refractivity contribution in [2.24, 2.45) is 7.05 Å². The Morgan fingerprint density at radius 1 is 1.30 bits per heavy atom. The van der Waals surface area contributed by atoms with Crippen LogP contribution in [0.1, 0.15) is 34.0 Å². The monoisotopic (exact) mass is 334 g/mol. The van der Waals surface area contributed by atoms with Crippen LogP contribution in [0.3, 0.4) is 0 Å². The molecule has 0 amide bonds. The molecule has 1 atom stereocenters. The van der Waals surface area contributed by atoms with Crippen molar-refractivity contribution < 1.29 is 4.74 Å². The van der Waals surface area contributed by atoms with Crippen LogP contribution in [0.25, 0.3) is 0 Å². The molecule has 3 rings (SSSR count). The van der Waals surface area contributed by atoms with E-state index in [1.807, 2.05) is 23.1 Å². The zero-order valence-corrected chi connectivity index (χ0v) is 15.2. The molecule has 0 spiro atoms. The highest BCUT2D eigenvalue weighted by Crippen LogP contribution is 2.26. The molecule has 0 bridgehead atoms. The number of rotatable bonds is 5. The minimum Gasteiger partial charge on any atom is -0.378 e. The molecule has 23 heavy (non-hydrogen) atoms. The van der Waals surface area contributed by atoms with E-state index >= 15 is 0 Å². The minimum atomic E-state index is 0.353. The van der Waals surface area contributed by atoms with Crippen molar-refractivity contribution in [1.82, 2.24) is 15.1 Å². The van der Waals surface area contributed by atoms with Crippen molar-refractivity contribution in [1.29, 1.82) is 0 Å². The third-order valence-electron chi connectivity index (χ3n) is 4.40. The molecule has 6 heteroatoms. The summed E-state index contributed by atoms with van der Waals surface area (Å²) in [5, 5.41) is 8.30. The molecule has 0 aliphatic carbocycles. The van der Waals surface area contributed by atoms with Crippen molar-refractivity contribution >= 4 is 17.2 Å². The van der Waals surface area contributed by atoms with Crippen LogP contribution in [0.2, 0.25) is 0 Å². The summed E-state index contributed by atoms with van der Waals surface area (Å²) in [5.41, 5.74) is 2.41. The fourth-order valence-electron chi connectivity index (χ4n) is 3.11. The van der Waals surface area contributed by atoms with E-state index in [0.29, 0.717) is 6.04 Å². The fourth-order valence-corrected chi connectivity index (χ4v) is 4.01. The van der Waals surface area contributed by atoms with Gasteiger partial charge in [0.1, 0.15) is 5.82 Å². The van der Waals surface area contributed by atoms with Gasteiger partial charge in [0.25, 0.3) is 0 Å². The Hall–Kier alpha value is -1.37. The lowest BCUT2D eigenvalue weighted by Crippen LogP contribution is -2.38. The Morgan fingerprint density at radius 2 is 2.04 bits per heavy atom. The molecule has 1 fully saturated rings. The number of aryl methyl sites for hydroxylation is 3. The van der Waals surface area contributed by atoms with Crippen molar-refractivity contribution in [3.8, 4) is 0 Å². The second kappa shape index (κ2) is 7.03. The van der Waals surface area contributed by atoms with Gasteiger partial charge in [-0.1, -0.05) is 0 Å². The highest BCUT2D eigenvalue weighted by atomic mass is 32.1. The molecule has 3 heterocycles. The number of morpholine rings is 1. The molecule has 1 N–H and O–H groups in total. The zero-order chi connectivity index (χ0) is 16.4. The number of hydrogen-bond donors (Lipinski definition) is 1. The van der Waals surface area contributed by atoms with Gasteiger partial charge in [-0.25, -0.2) is 0 Å². The van der Waals surface area contributed by atoms with Crippen LogP contribution in [0.4, 0.5) is 5.82 Å². The number of anilines is 1. The number of nitrogens with zero attached hydrogens (tertiary/aromatic N) is 3. The maximum Gasteiger partial charge on any atom is 0.131 e. The van der Waals surface area contributed by atoms with Gasteiger partial charge in [0.2, 0.25) is 0 Å². The van der Waals surface area contributed by atoms with Gasteiger partial charge in [-0.3, -0.25) is 4.68 Å². The summed E-state index contributed by atoms with van der Waals surface area (Å²) in [6.45, 7) is 10.8. The topological polar surface area (TPSA) is 42.3 Å². The lowest BCUT2D eigenvalue weighted by Gasteiger charge is -2.29. The largest absolute Gasteiger partial charge is 0.378 e. The van der Waals surface area contributed by atoms with E-state index in [-0.39, 0.29) is 0 Å². The van der Waals surface area contributed by atoms with Crippen LogP contribution in [0.15, 0.2) is 12.1 Å². The van der Waals surface area contributed by atoms with E-state index < -0.39 is 0 Å². The number of ether oxygens (including phenoxy) is 1. The quantitative estimate of drug-likeness (QED) is 0.913. The number of thiophene rings is 1. The third-order valence-corrected chi connectivity index (χ3v) is 5.58. The molecule has 0 saturated carbocycles. The lowest BCUT2D eigenvalue weighted by atomic mass is 10.2. The first-order chi connectivity index (χ1) is 11.1. The van der Waals surface area contributed by atoms with Crippen LogP contribution >= 0.6 is 11.3 Å². The minimum absolute atomic E-state index is 0.353. The maximum atomic E-state index is 5.48. The molecule has 5 nitrogen and oxygen atoms in total. The number of aromatic nitrogens is 2. The van der Waals surface area contributed by atoms with Crippen LogP contribution in [0, 0.1) is 13.8 Å². The number of nitrogens with one attached hydrogen (secondary N) is 1. The predicted octanol–water partition coefficient (Wildman–Crippen LogP) is 2.79. The van der Waals surface area contributed by atoms with Crippen LogP contribution in [0.5, 0.6) is 0 Å². The Bertz CT molecular complexity index is 658. The average molecular weight is 334 g/mol. The highest BCUT2D eigenvalue weighted by molar-refractivity contribution is 7.12. The van der Waals surface area contributed by atoms with Gasteiger partial charge in [0.15, 0.2) is 0 Å². The van der Waals surface area contributed by atoms with Crippen molar-refractivity contribution in [3.05, 3.63) is 33.1 Å². The maximum absolute atomic E-state index is 5.48. The predicted molar refractivity (Wildman–Crippen MR) is 95.3 cm³/mol. The van der Waals surface area contributed by atoms with E-state index in [9.17, 15) is 0 Å². The van der Waals surface area contributed by atoms with Gasteiger partial charge in [0, 0.05) is 48.0 Å². The summed E-state index contributed by atoms with van der Waals surface area (Å²) in [7, 11) is 2.04. The Kier molecular flexibility index (Phi) is 5.04. The first kappa shape index (κ1) is 16.5. The molecule has 2 aromatic rings. The van der Waals surface area contributed by atoms with E-state index in [1.165, 1.54) is 21.1 Å². The van der Waals surface area contributed by atoms with E-state index in [2.05, 4.69) is 48.2 Å². The van der Waals surface area contributed by atoms with Crippen molar-refractivity contribution in [2.45, 2.75) is 33.4 Å². The van der Waals surface area contributed by atoms with E-state index in [4.69, 9.17) is 4.74 Å². The number of hydrogen-bond acceptors (Lipinski definition) is 5. The molecule has 2 aromatic heterocycles. The first-order valence-electron chi connectivity index (χ1n) is 8.21. The van der Waals surface area contributed by atoms with Gasteiger partial charge >= 0.3 is 0 Å². The Morgan fingerprint density at radius 3 is 2.70 bits per heavy atom. The normalized spacial score (nSPS) is 16.8. The van der Waals surface area contributed by atoms with Crippen LogP contribution in [-0.2, 0) is 18.3 Å². The first-order valence-corrected chi connectivity index (χ1v) is 9.03. The molecule has 1 saturated heterocycles. The molecule has 126 valence electrons. The SMILES string of the molecule is Cc1ccc([C@@H](C)NCc2c(C)nn(C)c2N2CCOCC2)s1. The highest BCUT2D eigenvalue weighted by Gasteiger charge is 2.21. The Labute approximate surface area is 142 Å². The lowest BCUT2D eigenvalue weighted by molar-refractivity contribution is 0.122. The smallest absolute Gasteiger partial charge is 0.131 e. The summed E-state index contributed by atoms with van der Waals surface area (Å²) >= 11 is 1.86. The van der Waals surface area contributed by atoms with Crippen molar-refractivity contribution in [2.75, 3.05) is 31.2 Å². The molecule has 1 aliphatic rings. The summed E-state index contributed by atoms with van der Waals surface area (Å²) in [6.07, 6.45) is 0. The van der Waals surface area contributed by atoms with Gasteiger partial charge in [-0.15, -0.1) is 11.3 Å². The molecular weight excluding hydrogens is 308 g/mol. The zero-order valence-electron chi connectivity index (χ0n) is 14.4. The van der Waals surface area contributed by atoms with Crippen LogP contribution in [-0.4, -0.2) is 36.1 Å². The molecule has 0 radical (unpaired) electrons. The second-order valence-corrected chi connectivity index (χ2v) is 7.48. The second-order valence-electron chi connectivity index (χ2n) is 6.16. The standard InChI is InChI=1S/C17H26N4OS/c1-12-5-6-16(23-12)14(3)18-11-15-13(2)19-20(4)17(15)21-7-9-22-10-8-21/h5-6,14,18H,7-11H2,1-4H3/t14-/m1/s1. The summed E-state index contributed by atoms with van der Waals surface area (Å²) < 4.78 is 7.49. The molecule has 1 aliphatic heterocycles. The fraction of sp³-hybridized carbons (Fsp3) is 0.588. The average Bonchev–Trinajstić information content (AvgIpc) is 3.09.